The minimum Gasteiger partial charge on any atom is -0.356 e. The number of carbonyl (C=O) groups is 2. The fourth-order valence-corrected chi connectivity index (χ4v) is 2.85. The molecule has 1 aromatic heterocycles. The second-order valence-corrected chi connectivity index (χ2v) is 6.03. The molecule has 6 heteroatoms. The quantitative estimate of drug-likeness (QED) is 0.781. The fraction of sp³-hybridized carbons (Fsp3) is 0.647. The molecule has 0 unspecified atom stereocenters. The molecule has 2 amide bonds. The standard InChI is InChI=1S/C17H26N4O2/c1-2-3-4-5-8-20-16(22)14-7-6-11-21(13-14)17(23)15-12-18-9-10-19-15/h9-10,12,14H,2-8,11,13H2,1H3,(H,20,22)/t14-/m1/s1. The second-order valence-electron chi connectivity index (χ2n) is 6.03. The molecule has 1 aliphatic heterocycles. The summed E-state index contributed by atoms with van der Waals surface area (Å²) in [4.78, 5) is 34.3. The minimum absolute atomic E-state index is 0.0677. The number of rotatable bonds is 7. The zero-order valence-corrected chi connectivity index (χ0v) is 13.8. The van der Waals surface area contributed by atoms with E-state index in [1.807, 2.05) is 0 Å². The van der Waals surface area contributed by atoms with Gasteiger partial charge in [-0.2, -0.15) is 0 Å². The van der Waals surface area contributed by atoms with E-state index < -0.39 is 0 Å². The van der Waals surface area contributed by atoms with E-state index in [2.05, 4.69) is 22.2 Å². The Morgan fingerprint density at radius 2 is 2.17 bits per heavy atom. The number of nitrogens with one attached hydrogen (secondary N) is 1. The van der Waals surface area contributed by atoms with Crippen molar-refractivity contribution in [3.05, 3.63) is 24.3 Å². The third-order valence-electron chi connectivity index (χ3n) is 4.19. The Hall–Kier alpha value is -1.98. The minimum atomic E-state index is -0.140. The van der Waals surface area contributed by atoms with Crippen molar-refractivity contribution >= 4 is 11.8 Å². The van der Waals surface area contributed by atoms with Crippen LogP contribution in [0.15, 0.2) is 18.6 Å². The van der Waals surface area contributed by atoms with Crippen LogP contribution in [-0.4, -0.2) is 46.3 Å². The van der Waals surface area contributed by atoms with Gasteiger partial charge in [-0.05, 0) is 19.3 Å². The van der Waals surface area contributed by atoms with Gasteiger partial charge in [-0.3, -0.25) is 14.6 Å². The van der Waals surface area contributed by atoms with Gasteiger partial charge in [-0.25, -0.2) is 4.98 Å². The lowest BCUT2D eigenvalue weighted by Gasteiger charge is -2.31. The molecule has 1 saturated heterocycles. The number of unbranched alkanes of at least 4 members (excludes halogenated alkanes) is 3. The van der Waals surface area contributed by atoms with Crippen LogP contribution in [-0.2, 0) is 4.79 Å². The highest BCUT2D eigenvalue weighted by atomic mass is 16.2. The molecule has 2 heterocycles. The number of carbonyl (C=O) groups excluding carboxylic acids is 2. The molecule has 126 valence electrons. The molecule has 1 fully saturated rings. The zero-order valence-electron chi connectivity index (χ0n) is 13.8. The van der Waals surface area contributed by atoms with E-state index in [1.165, 1.54) is 25.2 Å². The second kappa shape index (κ2) is 9.22. The van der Waals surface area contributed by atoms with Crippen LogP contribution in [0.2, 0.25) is 0 Å². The first-order valence-corrected chi connectivity index (χ1v) is 8.55. The predicted molar refractivity (Wildman–Crippen MR) is 87.8 cm³/mol. The van der Waals surface area contributed by atoms with Gasteiger partial charge in [0.15, 0.2) is 0 Å². The molecule has 1 atom stereocenters. The largest absolute Gasteiger partial charge is 0.356 e. The Kier molecular flexibility index (Phi) is 6.97. The maximum Gasteiger partial charge on any atom is 0.274 e. The molecule has 1 aliphatic rings. The molecule has 1 N–H and O–H groups in total. The van der Waals surface area contributed by atoms with Crippen LogP contribution in [0.1, 0.15) is 55.9 Å². The lowest BCUT2D eigenvalue weighted by molar-refractivity contribution is -0.126. The van der Waals surface area contributed by atoms with Crippen molar-refractivity contribution in [2.45, 2.75) is 45.4 Å². The first-order chi connectivity index (χ1) is 11.2. The number of nitrogens with zero attached hydrogens (tertiary/aromatic N) is 3. The molecule has 0 radical (unpaired) electrons. The van der Waals surface area contributed by atoms with E-state index in [-0.39, 0.29) is 17.7 Å². The summed E-state index contributed by atoms with van der Waals surface area (Å²) in [5.41, 5.74) is 0.341. The average Bonchev–Trinajstić information content (AvgIpc) is 2.61. The summed E-state index contributed by atoms with van der Waals surface area (Å²) in [6, 6.07) is 0. The summed E-state index contributed by atoms with van der Waals surface area (Å²) < 4.78 is 0. The molecule has 0 spiro atoms. The smallest absolute Gasteiger partial charge is 0.274 e. The number of aromatic nitrogens is 2. The highest BCUT2D eigenvalue weighted by Gasteiger charge is 2.29. The van der Waals surface area contributed by atoms with Crippen molar-refractivity contribution in [1.29, 1.82) is 0 Å². The lowest BCUT2D eigenvalue weighted by Crippen LogP contribution is -2.45. The Morgan fingerprint density at radius 1 is 1.30 bits per heavy atom. The maximum atomic E-state index is 12.4. The number of likely N-dealkylation sites (tertiary alicyclic amines) is 1. The van der Waals surface area contributed by atoms with Crippen LogP contribution in [0.25, 0.3) is 0 Å². The van der Waals surface area contributed by atoms with Gasteiger partial charge in [0.1, 0.15) is 5.69 Å². The van der Waals surface area contributed by atoms with Gasteiger partial charge >= 0.3 is 0 Å². The van der Waals surface area contributed by atoms with E-state index in [9.17, 15) is 9.59 Å². The van der Waals surface area contributed by atoms with Crippen LogP contribution in [0.5, 0.6) is 0 Å². The lowest BCUT2D eigenvalue weighted by atomic mass is 9.97. The molecular formula is C17H26N4O2. The van der Waals surface area contributed by atoms with E-state index in [0.29, 0.717) is 18.8 Å². The summed E-state index contributed by atoms with van der Waals surface area (Å²) in [5.74, 6) is -0.188. The van der Waals surface area contributed by atoms with Crippen LogP contribution < -0.4 is 5.32 Å². The number of amides is 2. The van der Waals surface area contributed by atoms with Crippen molar-refractivity contribution in [1.82, 2.24) is 20.2 Å². The average molecular weight is 318 g/mol. The first-order valence-electron chi connectivity index (χ1n) is 8.55. The van der Waals surface area contributed by atoms with Crippen molar-refractivity contribution in [3.8, 4) is 0 Å². The predicted octanol–water partition coefficient (Wildman–Crippen LogP) is 2.03. The Bertz CT molecular complexity index is 507. The number of hydrogen-bond acceptors (Lipinski definition) is 4. The van der Waals surface area contributed by atoms with Gasteiger partial charge in [-0.1, -0.05) is 26.2 Å². The normalized spacial score (nSPS) is 17.8. The summed E-state index contributed by atoms with van der Waals surface area (Å²) in [7, 11) is 0. The van der Waals surface area contributed by atoms with Gasteiger partial charge in [0.05, 0.1) is 12.1 Å². The maximum absolute atomic E-state index is 12.4. The zero-order chi connectivity index (χ0) is 16.5. The Balaban J connectivity index is 1.81. The molecule has 0 bridgehead atoms. The van der Waals surface area contributed by atoms with Crippen LogP contribution in [0, 0.1) is 5.92 Å². The third kappa shape index (κ3) is 5.30. The van der Waals surface area contributed by atoms with Crippen LogP contribution >= 0.6 is 0 Å². The fourth-order valence-electron chi connectivity index (χ4n) is 2.85. The van der Waals surface area contributed by atoms with Gasteiger partial charge in [0.2, 0.25) is 5.91 Å². The van der Waals surface area contributed by atoms with Crippen molar-refractivity contribution in [2.75, 3.05) is 19.6 Å². The molecular weight excluding hydrogens is 292 g/mol. The molecule has 23 heavy (non-hydrogen) atoms. The highest BCUT2D eigenvalue weighted by Crippen LogP contribution is 2.18. The first kappa shape index (κ1) is 17.4. The van der Waals surface area contributed by atoms with E-state index in [1.54, 1.807) is 11.1 Å². The Labute approximate surface area is 137 Å². The van der Waals surface area contributed by atoms with Crippen molar-refractivity contribution in [3.63, 3.8) is 0 Å². The molecule has 0 saturated carbocycles. The molecule has 0 aromatic carbocycles. The molecule has 0 aliphatic carbocycles. The third-order valence-corrected chi connectivity index (χ3v) is 4.19. The molecule has 1 aromatic rings. The van der Waals surface area contributed by atoms with E-state index >= 15 is 0 Å². The van der Waals surface area contributed by atoms with Gasteiger partial charge in [0.25, 0.3) is 5.91 Å². The van der Waals surface area contributed by atoms with E-state index in [0.717, 1.165) is 32.2 Å². The summed E-state index contributed by atoms with van der Waals surface area (Å²) in [5, 5.41) is 3.01. The van der Waals surface area contributed by atoms with Gasteiger partial charge < -0.3 is 10.2 Å². The molecule has 2 rings (SSSR count). The van der Waals surface area contributed by atoms with Gasteiger partial charge in [-0.15, -0.1) is 0 Å². The van der Waals surface area contributed by atoms with Gasteiger partial charge in [0, 0.05) is 32.0 Å². The monoisotopic (exact) mass is 318 g/mol. The van der Waals surface area contributed by atoms with E-state index in [4.69, 9.17) is 0 Å². The van der Waals surface area contributed by atoms with Crippen LogP contribution in [0.4, 0.5) is 0 Å². The topological polar surface area (TPSA) is 75.2 Å². The molecule has 6 nitrogen and oxygen atoms in total. The SMILES string of the molecule is CCCCCCNC(=O)[C@@H]1CCCN(C(=O)c2cnccn2)C1. The summed E-state index contributed by atoms with van der Waals surface area (Å²) in [6.45, 7) is 4.04. The van der Waals surface area contributed by atoms with Crippen molar-refractivity contribution in [2.24, 2.45) is 5.92 Å². The Morgan fingerprint density at radius 3 is 2.91 bits per heavy atom. The number of piperidine rings is 1. The van der Waals surface area contributed by atoms with Crippen molar-refractivity contribution < 1.29 is 9.59 Å². The summed E-state index contributed by atoms with van der Waals surface area (Å²) in [6.07, 6.45) is 10.8. The summed E-state index contributed by atoms with van der Waals surface area (Å²) >= 11 is 0. The number of hydrogen-bond donors (Lipinski definition) is 1. The van der Waals surface area contributed by atoms with Crippen LogP contribution in [0.3, 0.4) is 0 Å². The highest BCUT2D eigenvalue weighted by molar-refractivity contribution is 5.92.